The minimum absolute atomic E-state index is 0.00263. The number of thiophene rings is 1. The number of nitrogens with one attached hydrogen (secondary N) is 1. The Labute approximate surface area is 167 Å². The van der Waals surface area contributed by atoms with E-state index in [-0.39, 0.29) is 11.8 Å². The van der Waals surface area contributed by atoms with Gasteiger partial charge in [0.1, 0.15) is 10.6 Å². The van der Waals surface area contributed by atoms with Crippen LogP contribution in [0, 0.1) is 10.1 Å². The number of aromatic nitrogens is 3. The summed E-state index contributed by atoms with van der Waals surface area (Å²) in [6.45, 7) is 0.794. The number of fused-ring (bicyclic) bond motifs is 2. The van der Waals surface area contributed by atoms with Crippen molar-refractivity contribution < 1.29 is 18.9 Å². The van der Waals surface area contributed by atoms with Crippen LogP contribution >= 0.6 is 11.3 Å². The molecular formula is C18H13N5O5S. The second kappa shape index (κ2) is 7.02. The Kier molecular flexibility index (Phi) is 4.21. The molecule has 146 valence electrons. The molecule has 0 bridgehead atoms. The second-order valence-electron chi connectivity index (χ2n) is 6.20. The van der Waals surface area contributed by atoms with E-state index in [0.717, 1.165) is 28.4 Å². The first-order chi connectivity index (χ1) is 14.2. The van der Waals surface area contributed by atoms with Gasteiger partial charge >= 0.3 is 5.00 Å². The Hall–Kier alpha value is -3.73. The molecule has 0 saturated carbocycles. The summed E-state index contributed by atoms with van der Waals surface area (Å²) in [5.74, 6) is 2.68. The molecule has 0 fully saturated rings. The molecule has 1 aliphatic heterocycles. The summed E-state index contributed by atoms with van der Waals surface area (Å²) >= 11 is 0.992. The van der Waals surface area contributed by atoms with Crippen molar-refractivity contribution in [3.05, 3.63) is 52.2 Å². The van der Waals surface area contributed by atoms with Gasteiger partial charge in [-0.05, 0) is 35.5 Å². The van der Waals surface area contributed by atoms with Gasteiger partial charge in [-0.1, -0.05) is 11.2 Å². The van der Waals surface area contributed by atoms with Crippen LogP contribution in [0.3, 0.4) is 0 Å². The van der Waals surface area contributed by atoms with Crippen LogP contribution in [0.5, 0.6) is 11.5 Å². The van der Waals surface area contributed by atoms with Crippen molar-refractivity contribution in [2.45, 2.75) is 6.42 Å². The van der Waals surface area contributed by atoms with Crippen LogP contribution in [-0.2, 0) is 6.42 Å². The van der Waals surface area contributed by atoms with Crippen LogP contribution in [0.4, 0.5) is 10.8 Å². The molecule has 0 spiro atoms. The van der Waals surface area contributed by atoms with Crippen LogP contribution in [0.2, 0.25) is 0 Å². The Balaban J connectivity index is 1.42. The summed E-state index contributed by atoms with van der Waals surface area (Å²) in [6.07, 6.45) is 2.19. The molecule has 3 aromatic heterocycles. The Morgan fingerprint density at radius 3 is 2.90 bits per heavy atom. The summed E-state index contributed by atoms with van der Waals surface area (Å²) < 4.78 is 15.9. The fourth-order valence-electron chi connectivity index (χ4n) is 3.00. The van der Waals surface area contributed by atoms with Gasteiger partial charge in [0.2, 0.25) is 18.4 Å². The predicted molar refractivity (Wildman–Crippen MR) is 104 cm³/mol. The van der Waals surface area contributed by atoms with Gasteiger partial charge in [0.15, 0.2) is 11.5 Å². The van der Waals surface area contributed by atoms with Crippen molar-refractivity contribution >= 4 is 32.4 Å². The van der Waals surface area contributed by atoms with Crippen molar-refractivity contribution in [3.63, 3.8) is 0 Å². The van der Waals surface area contributed by atoms with E-state index in [1.807, 2.05) is 18.2 Å². The average Bonchev–Trinajstić information content (AvgIpc) is 3.46. The smallest absolute Gasteiger partial charge is 0.326 e. The van der Waals surface area contributed by atoms with Crippen molar-refractivity contribution in [1.82, 2.24) is 15.1 Å². The highest BCUT2D eigenvalue weighted by Crippen LogP contribution is 2.35. The van der Waals surface area contributed by atoms with Gasteiger partial charge in [0.25, 0.3) is 0 Å². The fourth-order valence-corrected chi connectivity index (χ4v) is 3.84. The molecule has 10 nitrogen and oxygen atoms in total. The molecule has 29 heavy (non-hydrogen) atoms. The normalized spacial score (nSPS) is 12.4. The monoisotopic (exact) mass is 411 g/mol. The minimum atomic E-state index is -0.434. The Morgan fingerprint density at radius 1 is 1.17 bits per heavy atom. The predicted octanol–water partition coefficient (Wildman–Crippen LogP) is 3.64. The summed E-state index contributed by atoms with van der Waals surface area (Å²) in [5, 5.41) is 18.7. The molecule has 0 radical (unpaired) electrons. The standard InChI is InChI=1S/C18H13N5O5S/c24-23(25)15-8-11-16(21-17(22-18(11)29-15)13-4-6-20-28-13)19-5-3-10-1-2-12-14(7-10)27-9-26-12/h1-2,4,6-8H,3,5,9H2,(H,19,21,22). The van der Waals surface area contributed by atoms with Crippen molar-refractivity contribution in [1.29, 1.82) is 0 Å². The Morgan fingerprint density at radius 2 is 2.07 bits per heavy atom. The number of hydrogen-bond donors (Lipinski definition) is 1. The quantitative estimate of drug-likeness (QED) is 0.374. The molecule has 0 unspecified atom stereocenters. The lowest BCUT2D eigenvalue weighted by atomic mass is 10.1. The topological polar surface area (TPSA) is 125 Å². The SMILES string of the molecule is O=[N+]([O-])c1cc2c(NCCc3ccc4c(c3)OCO4)nc(-c3ccno3)nc2s1. The van der Waals surface area contributed by atoms with Crippen molar-refractivity contribution in [2.24, 2.45) is 0 Å². The maximum absolute atomic E-state index is 11.2. The molecule has 0 atom stereocenters. The van der Waals surface area contributed by atoms with Gasteiger partial charge in [0, 0.05) is 18.7 Å². The Bertz CT molecular complexity index is 1210. The first-order valence-electron chi connectivity index (χ1n) is 8.67. The van der Waals surface area contributed by atoms with Crippen LogP contribution in [0.15, 0.2) is 41.1 Å². The van der Waals surface area contributed by atoms with E-state index in [1.54, 1.807) is 6.07 Å². The molecule has 0 aliphatic carbocycles. The average molecular weight is 411 g/mol. The molecule has 0 saturated heterocycles. The highest BCUT2D eigenvalue weighted by atomic mass is 32.1. The van der Waals surface area contributed by atoms with Crippen LogP contribution in [0.1, 0.15) is 5.56 Å². The second-order valence-corrected chi connectivity index (χ2v) is 7.21. The van der Waals surface area contributed by atoms with E-state index in [0.29, 0.717) is 40.6 Å². The number of rotatable bonds is 6. The lowest BCUT2D eigenvalue weighted by Crippen LogP contribution is -2.07. The number of nitro groups is 1. The zero-order valence-corrected chi connectivity index (χ0v) is 15.6. The van der Waals surface area contributed by atoms with E-state index in [4.69, 9.17) is 14.0 Å². The molecule has 4 heterocycles. The van der Waals surface area contributed by atoms with Gasteiger partial charge < -0.3 is 19.3 Å². The number of nitrogens with zero attached hydrogens (tertiary/aromatic N) is 4. The lowest BCUT2D eigenvalue weighted by Gasteiger charge is -2.08. The van der Waals surface area contributed by atoms with Gasteiger partial charge in [0.05, 0.1) is 16.5 Å². The van der Waals surface area contributed by atoms with E-state index in [2.05, 4.69) is 20.4 Å². The number of benzene rings is 1. The third-order valence-corrected chi connectivity index (χ3v) is 5.34. The fraction of sp³-hybridized carbons (Fsp3) is 0.167. The van der Waals surface area contributed by atoms with Crippen LogP contribution in [0.25, 0.3) is 21.8 Å². The summed E-state index contributed by atoms with van der Waals surface area (Å²) in [5.41, 5.74) is 1.07. The van der Waals surface area contributed by atoms with Crippen molar-refractivity contribution in [3.8, 4) is 23.1 Å². The first kappa shape index (κ1) is 17.4. The minimum Gasteiger partial charge on any atom is -0.454 e. The third-order valence-electron chi connectivity index (χ3n) is 4.36. The van der Waals surface area contributed by atoms with E-state index < -0.39 is 4.92 Å². The summed E-state index contributed by atoms with van der Waals surface area (Å²) in [6, 6.07) is 8.91. The van der Waals surface area contributed by atoms with Gasteiger partial charge in [-0.3, -0.25) is 10.1 Å². The highest BCUT2D eigenvalue weighted by molar-refractivity contribution is 7.21. The molecule has 1 aromatic carbocycles. The molecular weight excluding hydrogens is 398 g/mol. The van der Waals surface area contributed by atoms with E-state index >= 15 is 0 Å². The van der Waals surface area contributed by atoms with Gasteiger partial charge in [-0.15, -0.1) is 0 Å². The zero-order valence-electron chi connectivity index (χ0n) is 14.8. The van der Waals surface area contributed by atoms with Crippen LogP contribution < -0.4 is 14.8 Å². The summed E-state index contributed by atoms with van der Waals surface area (Å²) in [7, 11) is 0. The molecule has 11 heteroatoms. The maximum atomic E-state index is 11.2. The molecule has 5 rings (SSSR count). The largest absolute Gasteiger partial charge is 0.454 e. The van der Waals surface area contributed by atoms with E-state index in [1.165, 1.54) is 12.3 Å². The summed E-state index contributed by atoms with van der Waals surface area (Å²) in [4.78, 5) is 20.1. The van der Waals surface area contributed by atoms with Crippen molar-refractivity contribution in [2.75, 3.05) is 18.7 Å². The first-order valence-corrected chi connectivity index (χ1v) is 9.48. The molecule has 0 amide bonds. The molecule has 1 N–H and O–H groups in total. The van der Waals surface area contributed by atoms with Gasteiger partial charge in [-0.25, -0.2) is 9.97 Å². The zero-order chi connectivity index (χ0) is 19.8. The number of ether oxygens (including phenoxy) is 2. The molecule has 4 aromatic rings. The van der Waals surface area contributed by atoms with Crippen LogP contribution in [-0.4, -0.2) is 33.4 Å². The third kappa shape index (κ3) is 3.31. The maximum Gasteiger partial charge on any atom is 0.326 e. The molecule has 1 aliphatic rings. The number of anilines is 1. The van der Waals surface area contributed by atoms with E-state index in [9.17, 15) is 10.1 Å². The lowest BCUT2D eigenvalue weighted by molar-refractivity contribution is -0.380. The highest BCUT2D eigenvalue weighted by Gasteiger charge is 2.19. The number of hydrogen-bond acceptors (Lipinski definition) is 10. The van der Waals surface area contributed by atoms with Gasteiger partial charge in [-0.2, -0.15) is 0 Å².